The number of carbonyl (C=O) groups is 1. The molecule has 4 aromatic rings. The van der Waals surface area contributed by atoms with Gasteiger partial charge in [-0.3, -0.25) is 0 Å². The molecule has 0 atom stereocenters. The van der Waals surface area contributed by atoms with Crippen molar-refractivity contribution in [2.45, 2.75) is 13.0 Å². The number of anilines is 1. The fraction of sp³-hybridized carbons (Fsp3) is 0.143. The van der Waals surface area contributed by atoms with Gasteiger partial charge in [-0.15, -0.1) is 6.58 Å². The molecule has 1 aromatic heterocycles. The van der Waals surface area contributed by atoms with E-state index in [1.165, 1.54) is 11.8 Å². The van der Waals surface area contributed by atoms with Crippen LogP contribution in [-0.2, 0) is 13.0 Å². The molecule has 1 heterocycles. The number of fused-ring (bicyclic) bond motifs is 1. The van der Waals surface area contributed by atoms with Crippen LogP contribution in [0.1, 0.15) is 11.1 Å². The minimum atomic E-state index is -0.286. The average Bonchev–Trinajstić information content (AvgIpc) is 3.16. The van der Waals surface area contributed by atoms with Crippen LogP contribution in [0, 0.1) is 5.41 Å². The molecule has 6 nitrogen and oxygen atoms in total. The van der Waals surface area contributed by atoms with Gasteiger partial charge in [-0.05, 0) is 41.6 Å². The van der Waals surface area contributed by atoms with Crippen molar-refractivity contribution < 1.29 is 9.53 Å². The van der Waals surface area contributed by atoms with Crippen molar-refractivity contribution in [1.29, 1.82) is 5.41 Å². The van der Waals surface area contributed by atoms with Crippen molar-refractivity contribution in [1.82, 2.24) is 9.88 Å². The SMILES string of the molecule is C=CCNC(=O)Nc1cccc(-c2c(CC=N)c3ccc(OC)cc3n2Cc2ccccc2)c1. The number of ether oxygens (including phenoxy) is 1. The topological polar surface area (TPSA) is 79.1 Å². The summed E-state index contributed by atoms with van der Waals surface area (Å²) in [5.74, 6) is 0.779. The minimum Gasteiger partial charge on any atom is -0.497 e. The highest BCUT2D eigenvalue weighted by molar-refractivity contribution is 5.96. The van der Waals surface area contributed by atoms with Crippen LogP contribution in [-0.4, -0.2) is 30.5 Å². The van der Waals surface area contributed by atoms with Crippen molar-refractivity contribution >= 4 is 28.8 Å². The Morgan fingerprint density at radius 3 is 2.65 bits per heavy atom. The largest absolute Gasteiger partial charge is 0.497 e. The third-order valence-electron chi connectivity index (χ3n) is 5.67. The first kappa shape index (κ1) is 22.9. The lowest BCUT2D eigenvalue weighted by molar-refractivity contribution is 0.253. The van der Waals surface area contributed by atoms with Crippen LogP contribution in [0.4, 0.5) is 10.5 Å². The Labute approximate surface area is 199 Å². The van der Waals surface area contributed by atoms with Gasteiger partial charge in [0.05, 0.1) is 18.3 Å². The molecule has 4 rings (SSSR count). The van der Waals surface area contributed by atoms with E-state index in [0.29, 0.717) is 25.2 Å². The number of benzene rings is 3. The Morgan fingerprint density at radius 1 is 1.09 bits per heavy atom. The van der Waals surface area contributed by atoms with Gasteiger partial charge < -0.3 is 25.3 Å². The quantitative estimate of drug-likeness (QED) is 0.219. The highest BCUT2D eigenvalue weighted by atomic mass is 16.5. The standard InChI is InChI=1S/C28H28N4O2/c1-3-16-30-28(33)31-22-11-7-10-21(17-22)27-25(14-15-29)24-13-12-23(34-2)18-26(24)32(27)19-20-8-5-4-6-9-20/h3-13,15,17-18,29H,1,14,16,19H2,2H3,(H2,30,31,33). The second-order valence-corrected chi connectivity index (χ2v) is 7.89. The molecule has 0 spiro atoms. The molecule has 3 aromatic carbocycles. The number of rotatable bonds is 9. The summed E-state index contributed by atoms with van der Waals surface area (Å²) in [4.78, 5) is 12.2. The van der Waals surface area contributed by atoms with Crippen LogP contribution in [0.3, 0.4) is 0 Å². The van der Waals surface area contributed by atoms with Crippen molar-refractivity contribution in [2.75, 3.05) is 19.0 Å². The van der Waals surface area contributed by atoms with E-state index in [2.05, 4.69) is 40.0 Å². The molecular formula is C28H28N4O2. The van der Waals surface area contributed by atoms with Crippen molar-refractivity contribution in [3.05, 3.63) is 96.6 Å². The molecule has 0 aliphatic carbocycles. The summed E-state index contributed by atoms with van der Waals surface area (Å²) in [7, 11) is 1.66. The van der Waals surface area contributed by atoms with E-state index in [1.807, 2.05) is 54.6 Å². The first-order valence-corrected chi connectivity index (χ1v) is 11.1. The van der Waals surface area contributed by atoms with Gasteiger partial charge >= 0.3 is 6.03 Å². The summed E-state index contributed by atoms with van der Waals surface area (Å²) < 4.78 is 7.78. The second-order valence-electron chi connectivity index (χ2n) is 7.89. The van der Waals surface area contributed by atoms with Crippen LogP contribution in [0.15, 0.2) is 85.5 Å². The number of methoxy groups -OCH3 is 1. The number of hydrogen-bond donors (Lipinski definition) is 3. The third-order valence-corrected chi connectivity index (χ3v) is 5.67. The minimum absolute atomic E-state index is 0.286. The van der Waals surface area contributed by atoms with Gasteiger partial charge in [0.2, 0.25) is 0 Å². The summed E-state index contributed by atoms with van der Waals surface area (Å²) in [5, 5.41) is 14.6. The molecule has 172 valence electrons. The van der Waals surface area contributed by atoms with E-state index < -0.39 is 0 Å². The number of hydrogen-bond acceptors (Lipinski definition) is 3. The molecule has 34 heavy (non-hydrogen) atoms. The first-order chi connectivity index (χ1) is 16.6. The van der Waals surface area contributed by atoms with E-state index >= 15 is 0 Å². The normalized spacial score (nSPS) is 10.6. The van der Waals surface area contributed by atoms with Crippen LogP contribution < -0.4 is 15.4 Å². The lowest BCUT2D eigenvalue weighted by atomic mass is 10.0. The number of aromatic nitrogens is 1. The van der Waals surface area contributed by atoms with E-state index in [9.17, 15) is 4.79 Å². The van der Waals surface area contributed by atoms with E-state index in [0.717, 1.165) is 33.5 Å². The molecule has 0 fully saturated rings. The van der Waals surface area contributed by atoms with Crippen LogP contribution in [0.5, 0.6) is 5.75 Å². The van der Waals surface area contributed by atoms with Gasteiger partial charge in [0.1, 0.15) is 5.75 Å². The van der Waals surface area contributed by atoms with Crippen LogP contribution in [0.2, 0.25) is 0 Å². The maximum absolute atomic E-state index is 12.2. The maximum atomic E-state index is 12.2. The monoisotopic (exact) mass is 452 g/mol. The van der Waals surface area contributed by atoms with Gasteiger partial charge in [0, 0.05) is 42.2 Å². The molecule has 6 heteroatoms. The Morgan fingerprint density at radius 2 is 1.91 bits per heavy atom. The zero-order valence-corrected chi connectivity index (χ0v) is 19.2. The average molecular weight is 453 g/mol. The van der Waals surface area contributed by atoms with Gasteiger partial charge in [-0.2, -0.15) is 0 Å². The molecule has 0 bridgehead atoms. The highest BCUT2D eigenvalue weighted by Gasteiger charge is 2.19. The molecule has 3 N–H and O–H groups in total. The maximum Gasteiger partial charge on any atom is 0.319 e. The van der Waals surface area contributed by atoms with Gasteiger partial charge in [-0.1, -0.05) is 48.5 Å². The van der Waals surface area contributed by atoms with E-state index in [1.54, 1.807) is 13.2 Å². The molecule has 0 unspecified atom stereocenters. The number of amides is 2. The lowest BCUT2D eigenvalue weighted by Gasteiger charge is -2.14. The second kappa shape index (κ2) is 10.5. The molecule has 0 aliphatic rings. The van der Waals surface area contributed by atoms with Gasteiger partial charge in [0.15, 0.2) is 0 Å². The third kappa shape index (κ3) is 4.86. The Balaban J connectivity index is 1.88. The summed E-state index contributed by atoms with van der Waals surface area (Å²) in [5.41, 5.74) is 5.95. The summed E-state index contributed by atoms with van der Waals surface area (Å²) in [6.07, 6.45) is 3.56. The number of nitrogens with zero attached hydrogens (tertiary/aromatic N) is 1. The molecular weight excluding hydrogens is 424 g/mol. The number of carbonyl (C=O) groups excluding carboxylic acids is 1. The van der Waals surface area contributed by atoms with Gasteiger partial charge in [0.25, 0.3) is 0 Å². The fourth-order valence-electron chi connectivity index (χ4n) is 4.18. The zero-order chi connectivity index (χ0) is 23.9. The predicted octanol–water partition coefficient (Wildman–Crippen LogP) is 5.86. The van der Waals surface area contributed by atoms with Crippen LogP contribution in [0.25, 0.3) is 22.2 Å². The summed E-state index contributed by atoms with van der Waals surface area (Å²) >= 11 is 0. The molecule has 0 saturated carbocycles. The molecule has 0 radical (unpaired) electrons. The molecule has 0 saturated heterocycles. The highest BCUT2D eigenvalue weighted by Crippen LogP contribution is 2.37. The lowest BCUT2D eigenvalue weighted by Crippen LogP contribution is -2.28. The molecule has 2 amide bonds. The van der Waals surface area contributed by atoms with Crippen molar-refractivity contribution in [3.8, 4) is 17.0 Å². The van der Waals surface area contributed by atoms with E-state index in [-0.39, 0.29) is 6.03 Å². The van der Waals surface area contributed by atoms with Crippen LogP contribution >= 0.6 is 0 Å². The van der Waals surface area contributed by atoms with Crippen molar-refractivity contribution in [2.24, 2.45) is 0 Å². The number of urea groups is 1. The predicted molar refractivity (Wildman–Crippen MR) is 139 cm³/mol. The Hall–Kier alpha value is -4.32. The summed E-state index contributed by atoms with van der Waals surface area (Å²) in [6, 6.07) is 23.8. The van der Waals surface area contributed by atoms with Crippen molar-refractivity contribution in [3.63, 3.8) is 0 Å². The number of nitrogens with one attached hydrogen (secondary N) is 3. The summed E-state index contributed by atoms with van der Waals surface area (Å²) in [6.45, 7) is 4.68. The zero-order valence-electron chi connectivity index (χ0n) is 19.2. The first-order valence-electron chi connectivity index (χ1n) is 11.1. The smallest absolute Gasteiger partial charge is 0.319 e. The van der Waals surface area contributed by atoms with Gasteiger partial charge in [-0.25, -0.2) is 4.79 Å². The molecule has 0 aliphatic heterocycles. The Kier molecular flexibility index (Phi) is 7.08. The Bertz CT molecular complexity index is 1330. The fourth-order valence-corrected chi connectivity index (χ4v) is 4.18. The van der Waals surface area contributed by atoms with E-state index in [4.69, 9.17) is 10.1 Å².